The molecule has 1 N–H and O–H groups in total. The first-order valence-corrected chi connectivity index (χ1v) is 6.63. The summed E-state index contributed by atoms with van der Waals surface area (Å²) in [7, 11) is 1.49. The van der Waals surface area contributed by atoms with Crippen LogP contribution in [0, 0.1) is 5.82 Å². The number of fused-ring (bicyclic) bond motifs is 1. The van der Waals surface area contributed by atoms with Gasteiger partial charge in [-0.1, -0.05) is 11.6 Å². The van der Waals surface area contributed by atoms with Crippen molar-refractivity contribution in [1.82, 2.24) is 0 Å². The Morgan fingerprint density at radius 3 is 2.81 bits per heavy atom. The number of carbonyl (C=O) groups is 1. The number of halogens is 2. The fraction of sp³-hybridized carbons (Fsp3) is 0.0625. The molecule has 21 heavy (non-hydrogen) atoms. The Morgan fingerprint density at radius 1 is 1.24 bits per heavy atom. The molecule has 0 aliphatic carbocycles. The molecule has 1 aliphatic heterocycles. The number of rotatable bonds is 2. The van der Waals surface area contributed by atoms with Gasteiger partial charge >= 0.3 is 0 Å². The van der Waals surface area contributed by atoms with E-state index in [1.54, 1.807) is 24.3 Å². The lowest BCUT2D eigenvalue weighted by Gasteiger charge is -2.06. The Bertz CT molecular complexity index is 771. The molecule has 2 aromatic carbocycles. The highest BCUT2D eigenvalue weighted by molar-refractivity contribution is 6.36. The van der Waals surface area contributed by atoms with Gasteiger partial charge in [-0.15, -0.1) is 0 Å². The smallest absolute Gasteiger partial charge is 0.256 e. The first-order chi connectivity index (χ1) is 10.1. The number of methoxy groups -OCH3 is 1. The van der Waals surface area contributed by atoms with Crippen molar-refractivity contribution in [3.8, 4) is 5.75 Å². The van der Waals surface area contributed by atoms with Gasteiger partial charge in [0.25, 0.3) is 5.91 Å². The van der Waals surface area contributed by atoms with Crippen molar-refractivity contribution in [1.29, 1.82) is 0 Å². The highest BCUT2D eigenvalue weighted by Gasteiger charge is 2.24. The van der Waals surface area contributed by atoms with Crippen LogP contribution >= 0.6 is 11.6 Å². The third-order valence-corrected chi connectivity index (χ3v) is 3.49. The van der Waals surface area contributed by atoms with E-state index in [4.69, 9.17) is 16.3 Å². The van der Waals surface area contributed by atoms with Gasteiger partial charge in [-0.3, -0.25) is 4.79 Å². The third kappa shape index (κ3) is 2.50. The summed E-state index contributed by atoms with van der Waals surface area (Å²) in [6.07, 6.45) is 1.60. The van der Waals surface area contributed by atoms with Crippen molar-refractivity contribution in [2.75, 3.05) is 12.4 Å². The average Bonchev–Trinajstić information content (AvgIpc) is 2.75. The predicted octanol–water partition coefficient (Wildman–Crippen LogP) is 3.98. The largest absolute Gasteiger partial charge is 0.496 e. The van der Waals surface area contributed by atoms with Gasteiger partial charge in [0.05, 0.1) is 7.11 Å². The van der Waals surface area contributed by atoms with E-state index in [9.17, 15) is 9.18 Å². The van der Waals surface area contributed by atoms with Crippen LogP contribution in [0.2, 0.25) is 5.02 Å². The standard InChI is InChI=1S/C16H11ClFNO2/c1-21-15-5-3-11(18)6-9(15)7-13-12-8-10(17)2-4-14(12)19-16(13)20/h2-8H,1H3,(H,19,20)/b13-7+. The zero-order chi connectivity index (χ0) is 15.0. The third-order valence-electron chi connectivity index (χ3n) is 3.26. The van der Waals surface area contributed by atoms with Gasteiger partial charge in [-0.25, -0.2) is 4.39 Å². The molecule has 1 amide bonds. The molecule has 0 saturated heterocycles. The molecule has 0 unspecified atom stereocenters. The molecular weight excluding hydrogens is 293 g/mol. The van der Waals surface area contributed by atoms with Gasteiger partial charge in [0, 0.05) is 27.4 Å². The van der Waals surface area contributed by atoms with Crippen LogP contribution in [0.5, 0.6) is 5.75 Å². The topological polar surface area (TPSA) is 38.3 Å². The Hall–Kier alpha value is -2.33. The summed E-state index contributed by atoms with van der Waals surface area (Å²) in [6, 6.07) is 9.29. The summed E-state index contributed by atoms with van der Waals surface area (Å²) >= 11 is 5.97. The maximum absolute atomic E-state index is 13.4. The Morgan fingerprint density at radius 2 is 2.05 bits per heavy atom. The molecule has 2 aromatic rings. The second-order valence-corrected chi connectivity index (χ2v) is 5.02. The van der Waals surface area contributed by atoms with Crippen molar-refractivity contribution in [2.24, 2.45) is 0 Å². The summed E-state index contributed by atoms with van der Waals surface area (Å²) in [5.41, 5.74) is 2.30. The first-order valence-electron chi connectivity index (χ1n) is 6.25. The fourth-order valence-electron chi connectivity index (χ4n) is 2.28. The number of hydrogen-bond acceptors (Lipinski definition) is 2. The molecule has 3 nitrogen and oxygen atoms in total. The first kappa shape index (κ1) is 13.6. The molecule has 3 rings (SSSR count). The predicted molar refractivity (Wildman–Crippen MR) is 80.9 cm³/mol. The number of anilines is 1. The van der Waals surface area contributed by atoms with E-state index in [1.165, 1.54) is 25.3 Å². The fourth-order valence-corrected chi connectivity index (χ4v) is 2.45. The lowest BCUT2D eigenvalue weighted by molar-refractivity contribution is -0.110. The molecule has 0 atom stereocenters. The summed E-state index contributed by atoms with van der Waals surface area (Å²) in [6.45, 7) is 0. The summed E-state index contributed by atoms with van der Waals surface area (Å²) in [5.74, 6) is -0.155. The van der Waals surface area contributed by atoms with Crippen LogP contribution in [0.15, 0.2) is 36.4 Å². The highest BCUT2D eigenvalue weighted by Crippen LogP contribution is 2.36. The van der Waals surface area contributed by atoms with Crippen molar-refractivity contribution in [3.05, 3.63) is 58.4 Å². The number of hydrogen-bond donors (Lipinski definition) is 1. The van der Waals surface area contributed by atoms with Crippen molar-refractivity contribution >= 4 is 34.8 Å². The lowest BCUT2D eigenvalue weighted by Crippen LogP contribution is -2.03. The number of carbonyl (C=O) groups excluding carboxylic acids is 1. The molecule has 0 fully saturated rings. The van der Waals surface area contributed by atoms with Gasteiger partial charge in [0.2, 0.25) is 0 Å². The Kier molecular flexibility index (Phi) is 3.39. The summed E-state index contributed by atoms with van der Waals surface area (Å²) in [5, 5.41) is 3.28. The van der Waals surface area contributed by atoms with Crippen LogP contribution in [0.25, 0.3) is 11.6 Å². The zero-order valence-electron chi connectivity index (χ0n) is 11.1. The lowest BCUT2D eigenvalue weighted by atomic mass is 10.0. The van der Waals surface area contributed by atoms with E-state index >= 15 is 0 Å². The van der Waals surface area contributed by atoms with Gasteiger partial charge < -0.3 is 10.1 Å². The van der Waals surface area contributed by atoms with Gasteiger partial charge in [0.15, 0.2) is 0 Å². The molecule has 5 heteroatoms. The van der Waals surface area contributed by atoms with E-state index in [-0.39, 0.29) is 5.91 Å². The van der Waals surface area contributed by atoms with Gasteiger partial charge in [0.1, 0.15) is 11.6 Å². The average molecular weight is 304 g/mol. The second-order valence-electron chi connectivity index (χ2n) is 4.59. The van der Waals surface area contributed by atoms with Crippen molar-refractivity contribution in [3.63, 3.8) is 0 Å². The highest BCUT2D eigenvalue weighted by atomic mass is 35.5. The van der Waals surface area contributed by atoms with Crippen LogP contribution in [0.1, 0.15) is 11.1 Å². The van der Waals surface area contributed by atoms with E-state index < -0.39 is 5.82 Å². The van der Waals surface area contributed by atoms with Crippen LogP contribution in [-0.4, -0.2) is 13.0 Å². The minimum atomic E-state index is -0.396. The van der Waals surface area contributed by atoms with Gasteiger partial charge in [-0.2, -0.15) is 0 Å². The van der Waals surface area contributed by atoms with E-state index in [0.29, 0.717) is 33.2 Å². The maximum atomic E-state index is 13.4. The molecule has 1 heterocycles. The zero-order valence-corrected chi connectivity index (χ0v) is 11.9. The molecule has 0 aromatic heterocycles. The van der Waals surface area contributed by atoms with Crippen LogP contribution < -0.4 is 10.1 Å². The molecule has 0 bridgehead atoms. The number of benzene rings is 2. The maximum Gasteiger partial charge on any atom is 0.256 e. The quantitative estimate of drug-likeness (QED) is 0.852. The van der Waals surface area contributed by atoms with Crippen molar-refractivity contribution in [2.45, 2.75) is 0 Å². The minimum Gasteiger partial charge on any atom is -0.496 e. The Labute approximate surface area is 126 Å². The van der Waals surface area contributed by atoms with E-state index in [1.807, 2.05) is 0 Å². The molecule has 0 saturated carbocycles. The molecule has 0 spiro atoms. The molecule has 106 valence electrons. The van der Waals surface area contributed by atoms with Gasteiger partial charge in [-0.05, 0) is 42.5 Å². The normalized spacial score (nSPS) is 15.0. The van der Waals surface area contributed by atoms with E-state index in [0.717, 1.165) is 0 Å². The molecule has 0 radical (unpaired) electrons. The number of ether oxygens (including phenoxy) is 1. The van der Waals surface area contributed by atoms with E-state index in [2.05, 4.69) is 5.32 Å². The summed E-state index contributed by atoms with van der Waals surface area (Å²) in [4.78, 5) is 12.1. The Balaban J connectivity index is 2.15. The second kappa shape index (κ2) is 5.22. The minimum absolute atomic E-state index is 0.251. The van der Waals surface area contributed by atoms with Crippen LogP contribution in [0.3, 0.4) is 0 Å². The molecular formula is C16H11ClFNO2. The van der Waals surface area contributed by atoms with Crippen LogP contribution in [0.4, 0.5) is 10.1 Å². The number of nitrogens with one attached hydrogen (secondary N) is 1. The van der Waals surface area contributed by atoms with Crippen LogP contribution in [-0.2, 0) is 4.79 Å². The number of amides is 1. The monoisotopic (exact) mass is 303 g/mol. The summed E-state index contributed by atoms with van der Waals surface area (Å²) < 4.78 is 18.6. The SMILES string of the molecule is COc1ccc(F)cc1/C=C1/C(=O)Nc2ccc(Cl)cc21. The molecule has 1 aliphatic rings. The van der Waals surface area contributed by atoms with Crippen molar-refractivity contribution < 1.29 is 13.9 Å².